The molecule has 0 spiro atoms. The van der Waals surface area contributed by atoms with Crippen molar-refractivity contribution in [3.63, 3.8) is 0 Å². The molecule has 1 atom stereocenters. The molecule has 1 N–H and O–H groups in total. The average molecular weight is 469 g/mol. The normalized spacial score (nSPS) is 12.1. The first kappa shape index (κ1) is 19.7. The SMILES string of the molecule is CC(NC(=O)c1ccc(Br)cc1)c1nc2ccccc2n1Cc1ccc(Cl)cc1. The maximum absolute atomic E-state index is 12.7. The second-order valence-corrected chi connectivity index (χ2v) is 8.23. The molecule has 29 heavy (non-hydrogen) atoms. The molecule has 0 bridgehead atoms. The summed E-state index contributed by atoms with van der Waals surface area (Å²) in [6, 6.07) is 22.8. The molecule has 0 aliphatic carbocycles. The van der Waals surface area contributed by atoms with Crippen LogP contribution >= 0.6 is 27.5 Å². The van der Waals surface area contributed by atoms with E-state index in [4.69, 9.17) is 16.6 Å². The monoisotopic (exact) mass is 467 g/mol. The number of para-hydroxylation sites is 2. The van der Waals surface area contributed by atoms with E-state index in [2.05, 4.69) is 25.8 Å². The molecular formula is C23H19BrClN3O. The third-order valence-corrected chi connectivity index (χ3v) is 5.56. The fourth-order valence-electron chi connectivity index (χ4n) is 3.31. The molecule has 4 nitrogen and oxygen atoms in total. The summed E-state index contributed by atoms with van der Waals surface area (Å²) in [7, 11) is 0. The van der Waals surface area contributed by atoms with Gasteiger partial charge in [0.15, 0.2) is 0 Å². The Kier molecular flexibility index (Phi) is 5.69. The lowest BCUT2D eigenvalue weighted by atomic mass is 10.2. The number of rotatable bonds is 5. The summed E-state index contributed by atoms with van der Waals surface area (Å²) in [5.41, 5.74) is 3.66. The van der Waals surface area contributed by atoms with Crippen LogP contribution in [0.15, 0.2) is 77.3 Å². The molecule has 1 unspecified atom stereocenters. The average Bonchev–Trinajstić information content (AvgIpc) is 3.09. The van der Waals surface area contributed by atoms with Crippen molar-refractivity contribution in [1.82, 2.24) is 14.9 Å². The maximum Gasteiger partial charge on any atom is 0.251 e. The highest BCUT2D eigenvalue weighted by Crippen LogP contribution is 2.23. The van der Waals surface area contributed by atoms with Crippen molar-refractivity contribution in [1.29, 1.82) is 0 Å². The molecule has 146 valence electrons. The van der Waals surface area contributed by atoms with Gasteiger partial charge in [-0.25, -0.2) is 4.98 Å². The Morgan fingerprint density at radius 1 is 1.07 bits per heavy atom. The number of benzene rings is 3. The lowest BCUT2D eigenvalue weighted by Gasteiger charge is -2.17. The Hall–Kier alpha value is -2.63. The summed E-state index contributed by atoms with van der Waals surface area (Å²) in [5.74, 6) is 0.682. The van der Waals surface area contributed by atoms with E-state index in [1.165, 1.54) is 0 Å². The molecule has 4 aromatic rings. The van der Waals surface area contributed by atoms with E-state index >= 15 is 0 Å². The first-order valence-electron chi connectivity index (χ1n) is 9.27. The number of nitrogens with zero attached hydrogens (tertiary/aromatic N) is 2. The number of carbonyl (C=O) groups is 1. The van der Waals surface area contributed by atoms with Gasteiger partial charge in [0.2, 0.25) is 0 Å². The Labute approximate surface area is 182 Å². The van der Waals surface area contributed by atoms with E-state index in [1.54, 1.807) is 12.1 Å². The van der Waals surface area contributed by atoms with Crippen molar-refractivity contribution in [3.8, 4) is 0 Å². The number of amides is 1. The second kappa shape index (κ2) is 8.39. The van der Waals surface area contributed by atoms with Gasteiger partial charge >= 0.3 is 0 Å². The lowest BCUT2D eigenvalue weighted by Crippen LogP contribution is -2.28. The van der Waals surface area contributed by atoms with Gasteiger partial charge in [0, 0.05) is 21.6 Å². The minimum absolute atomic E-state index is 0.130. The lowest BCUT2D eigenvalue weighted by molar-refractivity contribution is 0.0937. The third-order valence-electron chi connectivity index (χ3n) is 4.78. The van der Waals surface area contributed by atoms with Crippen LogP contribution < -0.4 is 5.32 Å². The van der Waals surface area contributed by atoms with Crippen molar-refractivity contribution in [2.45, 2.75) is 19.5 Å². The maximum atomic E-state index is 12.7. The van der Waals surface area contributed by atoms with Crippen LogP contribution in [-0.2, 0) is 6.54 Å². The van der Waals surface area contributed by atoms with Crippen molar-refractivity contribution >= 4 is 44.5 Å². The van der Waals surface area contributed by atoms with Gasteiger partial charge in [-0.05, 0) is 61.0 Å². The van der Waals surface area contributed by atoms with E-state index in [-0.39, 0.29) is 11.9 Å². The van der Waals surface area contributed by atoms with Gasteiger partial charge in [0.05, 0.1) is 17.1 Å². The quantitative estimate of drug-likeness (QED) is 0.391. The Balaban J connectivity index is 1.65. The minimum Gasteiger partial charge on any atom is -0.342 e. The number of carbonyl (C=O) groups excluding carboxylic acids is 1. The summed E-state index contributed by atoms with van der Waals surface area (Å²) < 4.78 is 3.08. The molecular weight excluding hydrogens is 450 g/mol. The number of imidazole rings is 1. The summed E-state index contributed by atoms with van der Waals surface area (Å²) in [6.45, 7) is 2.60. The summed E-state index contributed by atoms with van der Waals surface area (Å²) >= 11 is 9.42. The van der Waals surface area contributed by atoms with Crippen LogP contribution in [-0.4, -0.2) is 15.5 Å². The number of fused-ring (bicyclic) bond motifs is 1. The van der Waals surface area contributed by atoms with E-state index in [0.717, 1.165) is 26.9 Å². The largest absolute Gasteiger partial charge is 0.342 e. The molecule has 0 saturated heterocycles. The molecule has 0 aliphatic heterocycles. The highest BCUT2D eigenvalue weighted by atomic mass is 79.9. The van der Waals surface area contributed by atoms with E-state index in [0.29, 0.717) is 17.1 Å². The van der Waals surface area contributed by atoms with Crippen LogP contribution in [0.25, 0.3) is 11.0 Å². The molecule has 0 fully saturated rings. The Bertz CT molecular complexity index is 1150. The summed E-state index contributed by atoms with van der Waals surface area (Å²) in [6.07, 6.45) is 0. The van der Waals surface area contributed by atoms with Crippen LogP contribution in [0.4, 0.5) is 0 Å². The van der Waals surface area contributed by atoms with Crippen molar-refractivity contribution in [2.75, 3.05) is 0 Å². The molecule has 4 rings (SSSR count). The molecule has 3 aromatic carbocycles. The van der Waals surface area contributed by atoms with Crippen LogP contribution in [0.5, 0.6) is 0 Å². The molecule has 1 heterocycles. The van der Waals surface area contributed by atoms with E-state index in [9.17, 15) is 4.79 Å². The number of halogens is 2. The van der Waals surface area contributed by atoms with Gasteiger partial charge in [-0.15, -0.1) is 0 Å². The fourth-order valence-corrected chi connectivity index (χ4v) is 3.70. The number of aromatic nitrogens is 2. The van der Waals surface area contributed by atoms with E-state index in [1.807, 2.05) is 67.6 Å². The molecule has 6 heteroatoms. The van der Waals surface area contributed by atoms with Gasteiger partial charge in [-0.2, -0.15) is 0 Å². The molecule has 0 saturated carbocycles. The van der Waals surface area contributed by atoms with Gasteiger partial charge in [0.1, 0.15) is 5.82 Å². The van der Waals surface area contributed by atoms with E-state index < -0.39 is 0 Å². The predicted molar refractivity (Wildman–Crippen MR) is 120 cm³/mol. The van der Waals surface area contributed by atoms with Crippen LogP contribution in [0, 0.1) is 0 Å². The zero-order chi connectivity index (χ0) is 20.4. The van der Waals surface area contributed by atoms with Gasteiger partial charge < -0.3 is 9.88 Å². The number of hydrogen-bond acceptors (Lipinski definition) is 2. The third kappa shape index (κ3) is 4.36. The zero-order valence-corrected chi connectivity index (χ0v) is 18.1. The predicted octanol–water partition coefficient (Wildman–Crippen LogP) is 5.99. The summed E-state index contributed by atoms with van der Waals surface area (Å²) in [5, 5.41) is 3.78. The molecule has 1 amide bonds. The van der Waals surface area contributed by atoms with Crippen molar-refractivity contribution < 1.29 is 4.79 Å². The topological polar surface area (TPSA) is 46.9 Å². The van der Waals surface area contributed by atoms with Crippen LogP contribution in [0.2, 0.25) is 5.02 Å². The molecule has 0 radical (unpaired) electrons. The summed E-state index contributed by atoms with van der Waals surface area (Å²) in [4.78, 5) is 17.5. The fraction of sp³-hybridized carbons (Fsp3) is 0.130. The smallest absolute Gasteiger partial charge is 0.251 e. The highest BCUT2D eigenvalue weighted by molar-refractivity contribution is 9.10. The standard InChI is InChI=1S/C23H19BrClN3O/c1-15(26-23(29)17-8-10-18(24)11-9-17)22-27-20-4-2-3-5-21(20)28(22)14-16-6-12-19(25)13-7-16/h2-13,15H,14H2,1H3,(H,26,29). The minimum atomic E-state index is -0.258. The van der Waals surface area contributed by atoms with Crippen LogP contribution in [0.3, 0.4) is 0 Å². The zero-order valence-electron chi connectivity index (χ0n) is 15.8. The van der Waals surface area contributed by atoms with Crippen molar-refractivity contribution in [2.24, 2.45) is 0 Å². The first-order valence-corrected chi connectivity index (χ1v) is 10.4. The van der Waals surface area contributed by atoms with Gasteiger partial charge in [-0.3, -0.25) is 4.79 Å². The highest BCUT2D eigenvalue weighted by Gasteiger charge is 2.19. The Morgan fingerprint density at radius 2 is 1.76 bits per heavy atom. The first-order chi connectivity index (χ1) is 14.0. The van der Waals surface area contributed by atoms with Crippen LogP contribution in [0.1, 0.15) is 34.7 Å². The molecule has 1 aromatic heterocycles. The van der Waals surface area contributed by atoms with Gasteiger partial charge in [-0.1, -0.05) is 51.8 Å². The second-order valence-electron chi connectivity index (χ2n) is 6.87. The Morgan fingerprint density at radius 3 is 2.48 bits per heavy atom. The number of hydrogen-bond donors (Lipinski definition) is 1. The van der Waals surface area contributed by atoms with Gasteiger partial charge in [0.25, 0.3) is 5.91 Å². The molecule has 0 aliphatic rings. The number of nitrogens with one attached hydrogen (secondary N) is 1. The van der Waals surface area contributed by atoms with Crippen molar-refractivity contribution in [3.05, 3.63) is 99.2 Å².